The lowest BCUT2D eigenvalue weighted by atomic mass is 9.92. The number of amides is 3. The summed E-state index contributed by atoms with van der Waals surface area (Å²) < 4.78 is 10.3. The predicted molar refractivity (Wildman–Crippen MR) is 173 cm³/mol. The second-order valence-corrected chi connectivity index (χ2v) is 13.1. The minimum absolute atomic E-state index is 0.0622. The van der Waals surface area contributed by atoms with E-state index >= 15 is 0 Å². The van der Waals surface area contributed by atoms with Gasteiger partial charge in [-0.3, -0.25) is 9.59 Å². The molecular formula is C33H57N5O6. The average Bonchev–Trinajstić information content (AvgIpc) is 3.85. The van der Waals surface area contributed by atoms with Gasteiger partial charge < -0.3 is 35.0 Å². The van der Waals surface area contributed by atoms with Gasteiger partial charge in [0.1, 0.15) is 5.60 Å². The third-order valence-corrected chi connectivity index (χ3v) is 7.51. The normalized spacial score (nSPS) is 18.2. The Morgan fingerprint density at radius 3 is 2.16 bits per heavy atom. The fraction of sp³-hybridized carbons (Fsp3) is 0.758. The van der Waals surface area contributed by atoms with Crippen LogP contribution in [0.3, 0.4) is 0 Å². The molecule has 0 radical (unpaired) electrons. The Balaban J connectivity index is 0.000000250. The summed E-state index contributed by atoms with van der Waals surface area (Å²) in [5.41, 5.74) is 2.38. The molecule has 3 heterocycles. The van der Waals surface area contributed by atoms with Crippen molar-refractivity contribution in [1.82, 2.24) is 20.1 Å². The van der Waals surface area contributed by atoms with Gasteiger partial charge in [0, 0.05) is 52.1 Å². The molecule has 1 aromatic rings. The number of aliphatic hydroxyl groups is 1. The number of rotatable bonds is 7. The summed E-state index contributed by atoms with van der Waals surface area (Å²) in [6.07, 6.45) is 12.2. The number of aliphatic hydroxyl groups excluding tert-OH is 1. The highest BCUT2D eigenvalue weighted by atomic mass is 16.6. The van der Waals surface area contributed by atoms with Crippen LogP contribution in [0, 0.1) is 5.92 Å². The van der Waals surface area contributed by atoms with E-state index in [1.807, 2.05) is 27.0 Å². The Labute approximate surface area is 264 Å². The van der Waals surface area contributed by atoms with Crippen LogP contribution in [0.25, 0.3) is 0 Å². The van der Waals surface area contributed by atoms with E-state index in [4.69, 9.17) is 14.6 Å². The van der Waals surface area contributed by atoms with Crippen molar-refractivity contribution in [3.63, 3.8) is 0 Å². The third-order valence-electron chi connectivity index (χ3n) is 7.51. The van der Waals surface area contributed by atoms with Crippen LogP contribution < -0.4 is 10.6 Å². The van der Waals surface area contributed by atoms with E-state index in [-0.39, 0.29) is 17.6 Å². The van der Waals surface area contributed by atoms with Crippen LogP contribution >= 0.6 is 0 Å². The number of morpholine rings is 1. The van der Waals surface area contributed by atoms with Crippen molar-refractivity contribution < 1.29 is 29.0 Å². The van der Waals surface area contributed by atoms with E-state index < -0.39 is 0 Å². The molecule has 44 heavy (non-hydrogen) atoms. The fourth-order valence-corrected chi connectivity index (χ4v) is 4.65. The first-order valence-electron chi connectivity index (χ1n) is 16.3. The lowest BCUT2D eigenvalue weighted by Crippen LogP contribution is -2.39. The van der Waals surface area contributed by atoms with Crippen LogP contribution in [-0.4, -0.2) is 103 Å². The molecule has 11 nitrogen and oxygen atoms in total. The molecule has 0 atom stereocenters. The predicted octanol–water partition coefficient (Wildman–Crippen LogP) is 4.80. The largest absolute Gasteiger partial charge is 0.444 e. The van der Waals surface area contributed by atoms with Gasteiger partial charge in [0.2, 0.25) is 6.41 Å². The topological polar surface area (TPSA) is 133 Å². The third kappa shape index (κ3) is 14.2. The molecule has 11 heteroatoms. The molecule has 2 saturated heterocycles. The molecule has 3 amide bonds. The monoisotopic (exact) mass is 619 g/mol. The summed E-state index contributed by atoms with van der Waals surface area (Å²) in [6, 6.07) is 2.66. The molecule has 4 fully saturated rings. The summed E-state index contributed by atoms with van der Waals surface area (Å²) in [7, 11) is 1.00. The van der Waals surface area contributed by atoms with Crippen molar-refractivity contribution in [1.29, 1.82) is 0 Å². The molecule has 250 valence electrons. The van der Waals surface area contributed by atoms with Gasteiger partial charge in [-0.15, -0.1) is 0 Å². The Morgan fingerprint density at radius 1 is 1.05 bits per heavy atom. The number of nitrogens with zero attached hydrogens (tertiary/aromatic N) is 3. The molecular weight excluding hydrogens is 562 g/mol. The van der Waals surface area contributed by atoms with Gasteiger partial charge in [-0.2, -0.15) is 0 Å². The number of carbonyl (C=O) groups excluding carboxylic acids is 3. The van der Waals surface area contributed by atoms with E-state index in [1.165, 1.54) is 44.1 Å². The number of hydrogen-bond acceptors (Lipinski definition) is 8. The quantitative estimate of drug-likeness (QED) is 0.371. The molecule has 2 saturated carbocycles. The summed E-state index contributed by atoms with van der Waals surface area (Å²) in [5.74, 6) is 1.04. The molecule has 4 aliphatic rings. The number of anilines is 1. The van der Waals surface area contributed by atoms with Crippen molar-refractivity contribution in [3.05, 3.63) is 23.5 Å². The van der Waals surface area contributed by atoms with E-state index in [2.05, 4.69) is 35.5 Å². The van der Waals surface area contributed by atoms with Gasteiger partial charge in [0.15, 0.2) is 5.69 Å². The van der Waals surface area contributed by atoms with E-state index in [0.29, 0.717) is 43.3 Å². The highest BCUT2D eigenvalue weighted by Gasteiger charge is 2.27. The van der Waals surface area contributed by atoms with Crippen LogP contribution in [0.1, 0.15) is 108 Å². The van der Waals surface area contributed by atoms with E-state index in [1.54, 1.807) is 9.80 Å². The van der Waals surface area contributed by atoms with Crippen LogP contribution in [0.2, 0.25) is 0 Å². The fourth-order valence-electron chi connectivity index (χ4n) is 4.65. The standard InChI is InChI=1S/C17H25N3O.C10H19NO2.C5H9NO2.CH4O/c1-11(2)9-19-17(21)16-15(20-14-4-3-5-14)8-13(10-18-16)12-6-7-12;1-10(2,3)13-9(12)11-7-5-4-6-8-11;7-5-6-1-3-8-4-2-6;1-2/h8,10-12,14,20H,3-7,9H2,1-2H3,(H,19,21);4-8H2,1-3H3;5H,1-4H2;2H,1H3. The summed E-state index contributed by atoms with van der Waals surface area (Å²) in [6.45, 7) is 15.2. The van der Waals surface area contributed by atoms with Gasteiger partial charge in [-0.25, -0.2) is 9.78 Å². The first kappa shape index (κ1) is 37.3. The second kappa shape index (κ2) is 19.5. The van der Waals surface area contributed by atoms with E-state index in [9.17, 15) is 14.4 Å². The molecule has 0 bridgehead atoms. The zero-order chi connectivity index (χ0) is 32.5. The van der Waals surface area contributed by atoms with Gasteiger partial charge in [-0.1, -0.05) is 13.8 Å². The number of aromatic nitrogens is 1. The van der Waals surface area contributed by atoms with Crippen molar-refractivity contribution in [3.8, 4) is 0 Å². The number of carbonyl (C=O) groups is 3. The number of pyridine rings is 1. The molecule has 1 aromatic heterocycles. The minimum atomic E-state index is -0.367. The number of nitrogens with one attached hydrogen (secondary N) is 2. The Bertz CT molecular complexity index is 995. The SMILES string of the molecule is CC(C)(C)OC(=O)N1CCCCC1.CC(C)CNC(=O)c1ncc(C2CC2)cc1NC1CCC1.CO.O=CN1CCOCC1. The number of piperidine rings is 1. The second-order valence-electron chi connectivity index (χ2n) is 13.1. The van der Waals surface area contributed by atoms with Gasteiger partial charge in [0.25, 0.3) is 5.91 Å². The van der Waals surface area contributed by atoms with Crippen molar-refractivity contribution in [2.45, 2.75) is 104 Å². The summed E-state index contributed by atoms with van der Waals surface area (Å²) in [4.78, 5) is 41.9. The number of likely N-dealkylation sites (tertiary alicyclic amines) is 1. The lowest BCUT2D eigenvalue weighted by Gasteiger charge is -2.29. The maximum atomic E-state index is 12.3. The number of hydrogen-bond donors (Lipinski definition) is 3. The smallest absolute Gasteiger partial charge is 0.410 e. The summed E-state index contributed by atoms with van der Waals surface area (Å²) >= 11 is 0. The average molecular weight is 620 g/mol. The van der Waals surface area contributed by atoms with Gasteiger partial charge >= 0.3 is 6.09 Å². The van der Waals surface area contributed by atoms with Gasteiger partial charge in [0.05, 0.1) is 18.9 Å². The molecule has 2 aliphatic heterocycles. The Morgan fingerprint density at radius 2 is 1.68 bits per heavy atom. The lowest BCUT2D eigenvalue weighted by molar-refractivity contribution is -0.121. The first-order valence-corrected chi connectivity index (χ1v) is 16.3. The molecule has 0 spiro atoms. The van der Waals surface area contributed by atoms with Gasteiger partial charge in [-0.05, 0) is 95.6 Å². The van der Waals surface area contributed by atoms with Crippen molar-refractivity contribution in [2.75, 3.05) is 58.4 Å². The first-order chi connectivity index (χ1) is 21.1. The van der Waals surface area contributed by atoms with Crippen LogP contribution in [0.4, 0.5) is 10.5 Å². The van der Waals surface area contributed by atoms with Crippen LogP contribution in [0.15, 0.2) is 12.3 Å². The Kier molecular flexibility index (Phi) is 16.5. The minimum Gasteiger partial charge on any atom is -0.444 e. The zero-order valence-corrected chi connectivity index (χ0v) is 27.9. The van der Waals surface area contributed by atoms with Crippen LogP contribution in [-0.2, 0) is 14.3 Å². The highest BCUT2D eigenvalue weighted by Crippen LogP contribution is 2.41. The van der Waals surface area contributed by atoms with Crippen molar-refractivity contribution in [2.24, 2.45) is 5.92 Å². The molecule has 0 aromatic carbocycles. The summed E-state index contributed by atoms with van der Waals surface area (Å²) in [5, 5.41) is 13.5. The molecule has 0 unspecified atom stereocenters. The van der Waals surface area contributed by atoms with E-state index in [0.717, 1.165) is 58.2 Å². The molecule has 5 rings (SSSR count). The molecule has 2 aliphatic carbocycles. The highest BCUT2D eigenvalue weighted by molar-refractivity contribution is 5.97. The maximum absolute atomic E-state index is 12.3. The van der Waals surface area contributed by atoms with Crippen molar-refractivity contribution >= 4 is 24.1 Å². The maximum Gasteiger partial charge on any atom is 0.410 e. The zero-order valence-electron chi connectivity index (χ0n) is 27.9. The molecule has 3 N–H and O–H groups in total. The Hall–Kier alpha value is -2.92. The number of ether oxygens (including phenoxy) is 2. The van der Waals surface area contributed by atoms with Crippen LogP contribution in [0.5, 0.6) is 0 Å².